The van der Waals surface area contributed by atoms with Crippen LogP contribution in [-0.2, 0) is 20.0 Å². The molecule has 0 aliphatic heterocycles. The van der Waals surface area contributed by atoms with Gasteiger partial charge in [0.2, 0.25) is 0 Å². The Labute approximate surface area is 155 Å². The molecular weight excluding hydrogens is 428 g/mol. The lowest BCUT2D eigenvalue weighted by Crippen LogP contribution is -2.32. The molecule has 28 heavy (non-hydrogen) atoms. The number of halogens is 4. The Balaban J connectivity index is 2.18. The summed E-state index contributed by atoms with van der Waals surface area (Å²) in [7, 11) is -9.72. The van der Waals surface area contributed by atoms with Crippen molar-refractivity contribution in [2.24, 2.45) is 0 Å². The largest absolute Gasteiger partial charge is 0.356 e. The lowest BCUT2D eigenvalue weighted by Gasteiger charge is -2.06. The van der Waals surface area contributed by atoms with Crippen molar-refractivity contribution in [3.05, 3.63) is 82.5 Å². The van der Waals surface area contributed by atoms with E-state index in [9.17, 15) is 39.2 Å². The molecular formula is C15H8F4N2O5S2. The maximum absolute atomic E-state index is 13.3. The molecule has 1 heterocycles. The second kappa shape index (κ2) is 6.60. The van der Waals surface area contributed by atoms with Crippen LogP contribution in [0, 0.1) is 23.3 Å². The monoisotopic (exact) mass is 436 g/mol. The Bertz CT molecular complexity index is 1220. The summed E-state index contributed by atoms with van der Waals surface area (Å²) in [5, 5.41) is 0. The first-order valence-corrected chi connectivity index (χ1v) is 10.0. The minimum Gasteiger partial charge on any atom is -0.245 e. The van der Waals surface area contributed by atoms with E-state index in [1.54, 1.807) is 0 Å². The third kappa shape index (κ3) is 3.33. The van der Waals surface area contributed by atoms with E-state index in [4.69, 9.17) is 0 Å². The van der Waals surface area contributed by atoms with Gasteiger partial charge in [-0.15, -0.1) is 0 Å². The third-order valence-electron chi connectivity index (χ3n) is 3.50. The van der Waals surface area contributed by atoms with E-state index < -0.39 is 58.8 Å². The van der Waals surface area contributed by atoms with Gasteiger partial charge in [-0.05, 0) is 24.3 Å². The van der Waals surface area contributed by atoms with Crippen LogP contribution in [0.5, 0.6) is 0 Å². The maximum Gasteiger partial charge on any atom is 0.356 e. The predicted octanol–water partition coefficient (Wildman–Crippen LogP) is 1.68. The number of aromatic nitrogens is 2. The summed E-state index contributed by atoms with van der Waals surface area (Å²) in [5.41, 5.74) is -1.66. The fourth-order valence-electron chi connectivity index (χ4n) is 2.29. The van der Waals surface area contributed by atoms with Crippen molar-refractivity contribution in [3.8, 4) is 0 Å². The Morgan fingerprint density at radius 2 is 0.857 bits per heavy atom. The first-order valence-electron chi connectivity index (χ1n) is 7.16. The molecule has 1 aromatic heterocycles. The molecule has 3 rings (SSSR count). The minimum atomic E-state index is -4.86. The van der Waals surface area contributed by atoms with Crippen LogP contribution >= 0.6 is 0 Å². The van der Waals surface area contributed by atoms with Gasteiger partial charge in [0.15, 0.2) is 0 Å². The van der Waals surface area contributed by atoms with Crippen molar-refractivity contribution in [1.29, 1.82) is 0 Å². The van der Waals surface area contributed by atoms with Gasteiger partial charge in [-0.2, -0.15) is 7.94 Å². The highest BCUT2D eigenvalue weighted by Gasteiger charge is 2.27. The summed E-state index contributed by atoms with van der Waals surface area (Å²) in [5.74, 6) is -4.97. The highest BCUT2D eigenvalue weighted by atomic mass is 32.2. The van der Waals surface area contributed by atoms with Gasteiger partial charge in [-0.1, -0.05) is 0 Å². The molecule has 0 N–H and O–H groups in total. The van der Waals surface area contributed by atoms with E-state index in [0.717, 1.165) is 0 Å². The molecule has 0 bridgehead atoms. The second-order valence-electron chi connectivity index (χ2n) is 5.39. The Hall–Kier alpha value is -2.93. The molecule has 0 spiro atoms. The zero-order valence-corrected chi connectivity index (χ0v) is 15.0. The van der Waals surface area contributed by atoms with Gasteiger partial charge in [0, 0.05) is 24.5 Å². The lowest BCUT2D eigenvalue weighted by atomic mass is 10.3. The van der Waals surface area contributed by atoms with Crippen LogP contribution in [0.2, 0.25) is 0 Å². The van der Waals surface area contributed by atoms with Crippen molar-refractivity contribution in [3.63, 3.8) is 0 Å². The maximum atomic E-state index is 13.3. The predicted molar refractivity (Wildman–Crippen MR) is 86.6 cm³/mol. The van der Waals surface area contributed by atoms with E-state index >= 15 is 0 Å². The van der Waals surface area contributed by atoms with Crippen LogP contribution in [-0.4, -0.2) is 24.8 Å². The third-order valence-corrected chi connectivity index (χ3v) is 6.75. The van der Waals surface area contributed by atoms with E-state index in [0.29, 0.717) is 48.8 Å². The van der Waals surface area contributed by atoms with Crippen LogP contribution in [0.25, 0.3) is 0 Å². The molecule has 0 radical (unpaired) electrons. The molecule has 0 saturated heterocycles. The fourth-order valence-corrected chi connectivity index (χ4v) is 4.86. The summed E-state index contributed by atoms with van der Waals surface area (Å²) in [6.07, 6.45) is 1.04. The van der Waals surface area contributed by atoms with Crippen LogP contribution in [0.4, 0.5) is 17.6 Å². The van der Waals surface area contributed by atoms with Gasteiger partial charge in [0.25, 0.3) is 20.0 Å². The van der Waals surface area contributed by atoms with Crippen molar-refractivity contribution >= 4 is 20.0 Å². The van der Waals surface area contributed by atoms with Crippen molar-refractivity contribution in [2.45, 2.75) is 9.79 Å². The van der Waals surface area contributed by atoms with Crippen LogP contribution in [0.3, 0.4) is 0 Å². The average molecular weight is 436 g/mol. The molecule has 0 saturated carbocycles. The first kappa shape index (κ1) is 19.8. The zero-order valence-electron chi connectivity index (χ0n) is 13.4. The molecule has 3 aromatic rings. The van der Waals surface area contributed by atoms with Gasteiger partial charge in [-0.3, -0.25) is 0 Å². The van der Waals surface area contributed by atoms with Crippen LogP contribution in [0.15, 0.2) is 63.4 Å². The van der Waals surface area contributed by atoms with Crippen molar-refractivity contribution in [2.75, 3.05) is 0 Å². The quantitative estimate of drug-likeness (QED) is 0.580. The normalized spacial score (nSPS) is 12.3. The first-order chi connectivity index (χ1) is 12.9. The molecule has 0 aliphatic rings. The Morgan fingerprint density at radius 1 is 0.571 bits per heavy atom. The van der Waals surface area contributed by atoms with Crippen molar-refractivity contribution < 1.29 is 34.4 Å². The Morgan fingerprint density at radius 3 is 1.14 bits per heavy atom. The van der Waals surface area contributed by atoms with Gasteiger partial charge in [0.1, 0.15) is 23.3 Å². The summed E-state index contributed by atoms with van der Waals surface area (Å²) in [6.45, 7) is 0. The second-order valence-corrected chi connectivity index (χ2v) is 9.02. The fraction of sp³-hybridized carbons (Fsp3) is 0. The standard InChI is InChI=1S/C15H8F4N2O5S2/c16-9-3-10(17)6-13(5-9)27(23,24)20-1-2-21(15(20)22)28(25,26)14-7-11(18)4-12(19)8-14/h1-8H. The van der Waals surface area contributed by atoms with Crippen molar-refractivity contribution in [1.82, 2.24) is 7.94 Å². The minimum absolute atomic E-state index is 0.0750. The molecule has 2 aromatic carbocycles. The van der Waals surface area contributed by atoms with Gasteiger partial charge >= 0.3 is 5.69 Å². The van der Waals surface area contributed by atoms with Gasteiger partial charge < -0.3 is 0 Å². The van der Waals surface area contributed by atoms with Crippen LogP contribution < -0.4 is 5.69 Å². The molecule has 7 nitrogen and oxygen atoms in total. The average Bonchev–Trinajstić information content (AvgIpc) is 2.96. The highest BCUT2D eigenvalue weighted by Crippen LogP contribution is 2.18. The number of nitrogens with zero attached hydrogens (tertiary/aromatic N) is 2. The smallest absolute Gasteiger partial charge is 0.245 e. The van der Waals surface area contributed by atoms with E-state index in [1.165, 1.54) is 0 Å². The summed E-state index contributed by atoms with van der Waals surface area (Å²) < 4.78 is 103. The highest BCUT2D eigenvalue weighted by molar-refractivity contribution is 7.90. The van der Waals surface area contributed by atoms with E-state index in [-0.39, 0.29) is 7.94 Å². The van der Waals surface area contributed by atoms with Gasteiger partial charge in [0.05, 0.1) is 9.79 Å². The molecule has 0 atom stereocenters. The van der Waals surface area contributed by atoms with Crippen LogP contribution in [0.1, 0.15) is 0 Å². The number of hydrogen-bond acceptors (Lipinski definition) is 5. The molecule has 13 heteroatoms. The molecule has 0 unspecified atom stereocenters. The molecule has 0 aliphatic carbocycles. The zero-order chi connectivity index (χ0) is 20.9. The van der Waals surface area contributed by atoms with E-state index in [2.05, 4.69) is 0 Å². The molecule has 148 valence electrons. The summed E-state index contributed by atoms with van der Waals surface area (Å²) in [4.78, 5) is 10.5. The molecule has 0 fully saturated rings. The Kier molecular flexibility index (Phi) is 4.67. The topological polar surface area (TPSA) is 95.2 Å². The lowest BCUT2D eigenvalue weighted by molar-refractivity contribution is 0.560. The summed E-state index contributed by atoms with van der Waals surface area (Å²) in [6, 6.07) is 2.51. The molecule has 0 amide bonds. The number of imidazole rings is 1. The summed E-state index contributed by atoms with van der Waals surface area (Å²) >= 11 is 0. The number of rotatable bonds is 4. The SMILES string of the molecule is O=c1n(S(=O)(=O)c2cc(F)cc(F)c2)ccn1S(=O)(=O)c1cc(F)cc(F)c1. The van der Waals surface area contributed by atoms with E-state index in [1.807, 2.05) is 0 Å². The number of hydrogen-bond donors (Lipinski definition) is 0. The number of benzene rings is 2. The van der Waals surface area contributed by atoms with Gasteiger partial charge in [-0.25, -0.2) is 39.2 Å².